The topological polar surface area (TPSA) is 60.8 Å². The molecular weight excluding hydrogens is 298 g/mol. The lowest BCUT2D eigenvalue weighted by Gasteiger charge is -2.26. The lowest BCUT2D eigenvalue weighted by Crippen LogP contribution is -2.38. The summed E-state index contributed by atoms with van der Waals surface area (Å²) in [6.45, 7) is 4.41. The molecule has 0 fully saturated rings. The van der Waals surface area contributed by atoms with Crippen LogP contribution in [0.15, 0.2) is 22.7 Å². The van der Waals surface area contributed by atoms with Crippen molar-refractivity contribution in [3.63, 3.8) is 0 Å². The fourth-order valence-corrected chi connectivity index (χ4v) is 1.89. The number of rotatable bonds is 5. The van der Waals surface area contributed by atoms with Crippen molar-refractivity contribution in [3.8, 4) is 5.75 Å². The number of phenols is 1. The summed E-state index contributed by atoms with van der Waals surface area (Å²) in [6.07, 6.45) is 0.548. The number of hydrogen-bond donors (Lipinski definition) is 2. The van der Waals surface area contributed by atoms with Crippen molar-refractivity contribution in [2.45, 2.75) is 26.3 Å². The molecule has 0 bridgehead atoms. The summed E-state index contributed by atoms with van der Waals surface area (Å²) in [5, 5.41) is 18.4. The summed E-state index contributed by atoms with van der Waals surface area (Å²) in [6, 6.07) is 4.81. The molecule has 0 aliphatic heterocycles. The van der Waals surface area contributed by atoms with Crippen molar-refractivity contribution in [2.24, 2.45) is 0 Å². The van der Waals surface area contributed by atoms with E-state index in [1.165, 1.54) is 6.07 Å². The van der Waals surface area contributed by atoms with Crippen molar-refractivity contribution >= 4 is 21.8 Å². The Bertz CT molecular complexity index is 421. The van der Waals surface area contributed by atoms with Crippen LogP contribution in [0.3, 0.4) is 0 Å². The number of phenolic OH excluding ortho intramolecular Hbond substituents is 1. The molecule has 5 heteroatoms. The van der Waals surface area contributed by atoms with Crippen LogP contribution in [0.1, 0.15) is 30.6 Å². The first-order valence-corrected chi connectivity index (χ1v) is 6.67. The van der Waals surface area contributed by atoms with Gasteiger partial charge in [0.15, 0.2) is 0 Å². The normalized spacial score (nSPS) is 10.7. The molecule has 0 aromatic heterocycles. The Kier molecular flexibility index (Phi) is 5.62. The summed E-state index contributed by atoms with van der Waals surface area (Å²) in [5.74, 6) is -0.0898. The van der Waals surface area contributed by atoms with Crippen molar-refractivity contribution in [2.75, 3.05) is 13.2 Å². The summed E-state index contributed by atoms with van der Waals surface area (Å²) in [7, 11) is 0. The Labute approximate surface area is 115 Å². The Hall–Kier alpha value is -1.07. The zero-order chi connectivity index (χ0) is 13.7. The van der Waals surface area contributed by atoms with E-state index in [1.807, 2.05) is 13.8 Å². The Morgan fingerprint density at radius 1 is 1.44 bits per heavy atom. The third-order valence-corrected chi connectivity index (χ3v) is 3.30. The molecule has 4 nitrogen and oxygen atoms in total. The molecule has 0 aliphatic carbocycles. The standard InChI is InChI=1S/C13H18BrNO3/c1-9(2)15(6-3-7-16)13(18)10-4-5-11(14)12(17)8-10/h4-5,8-9,16-17H,3,6-7H2,1-2H3. The van der Waals surface area contributed by atoms with Gasteiger partial charge in [-0.15, -0.1) is 0 Å². The number of hydrogen-bond acceptors (Lipinski definition) is 3. The van der Waals surface area contributed by atoms with Crippen LogP contribution in [0.4, 0.5) is 0 Å². The molecule has 100 valence electrons. The smallest absolute Gasteiger partial charge is 0.254 e. The number of carbonyl (C=O) groups excluding carboxylic acids is 1. The minimum absolute atomic E-state index is 0.0479. The maximum atomic E-state index is 12.3. The molecule has 1 rings (SSSR count). The van der Waals surface area contributed by atoms with E-state index in [1.54, 1.807) is 17.0 Å². The summed E-state index contributed by atoms with van der Waals surface area (Å²) in [5.41, 5.74) is 0.447. The van der Waals surface area contributed by atoms with Crippen molar-refractivity contribution in [1.29, 1.82) is 0 Å². The van der Waals surface area contributed by atoms with Gasteiger partial charge >= 0.3 is 0 Å². The van der Waals surface area contributed by atoms with Gasteiger partial charge in [-0.1, -0.05) is 0 Å². The molecular formula is C13H18BrNO3. The Morgan fingerprint density at radius 2 is 2.11 bits per heavy atom. The van der Waals surface area contributed by atoms with Gasteiger partial charge in [0.2, 0.25) is 0 Å². The highest BCUT2D eigenvalue weighted by molar-refractivity contribution is 9.10. The predicted octanol–water partition coefficient (Wildman–Crippen LogP) is 2.39. The fourth-order valence-electron chi connectivity index (χ4n) is 1.65. The number of amides is 1. The molecule has 1 amide bonds. The van der Waals surface area contributed by atoms with E-state index in [9.17, 15) is 9.90 Å². The minimum atomic E-state index is -0.138. The number of aromatic hydroxyl groups is 1. The molecule has 0 unspecified atom stereocenters. The van der Waals surface area contributed by atoms with Crippen LogP contribution in [0.2, 0.25) is 0 Å². The fraction of sp³-hybridized carbons (Fsp3) is 0.462. The van der Waals surface area contributed by atoms with Crippen molar-refractivity contribution < 1.29 is 15.0 Å². The predicted molar refractivity (Wildman–Crippen MR) is 73.7 cm³/mol. The maximum absolute atomic E-state index is 12.3. The second kappa shape index (κ2) is 6.75. The van der Waals surface area contributed by atoms with E-state index in [2.05, 4.69) is 15.9 Å². The van der Waals surface area contributed by atoms with E-state index >= 15 is 0 Å². The molecule has 0 saturated heterocycles. The van der Waals surface area contributed by atoms with Crippen LogP contribution in [-0.4, -0.2) is 40.2 Å². The van der Waals surface area contributed by atoms with E-state index in [4.69, 9.17) is 5.11 Å². The van der Waals surface area contributed by atoms with Crippen LogP contribution < -0.4 is 0 Å². The highest BCUT2D eigenvalue weighted by atomic mass is 79.9. The molecule has 2 N–H and O–H groups in total. The van der Waals surface area contributed by atoms with Crippen LogP contribution in [-0.2, 0) is 0 Å². The Morgan fingerprint density at radius 3 is 2.61 bits per heavy atom. The average Bonchev–Trinajstić information content (AvgIpc) is 2.32. The zero-order valence-corrected chi connectivity index (χ0v) is 12.1. The third-order valence-electron chi connectivity index (χ3n) is 2.63. The minimum Gasteiger partial charge on any atom is -0.507 e. The monoisotopic (exact) mass is 315 g/mol. The van der Waals surface area contributed by atoms with Crippen LogP contribution >= 0.6 is 15.9 Å². The van der Waals surface area contributed by atoms with Crippen molar-refractivity contribution in [3.05, 3.63) is 28.2 Å². The van der Waals surface area contributed by atoms with Gasteiger partial charge in [0, 0.05) is 24.8 Å². The van der Waals surface area contributed by atoms with Gasteiger partial charge in [-0.2, -0.15) is 0 Å². The first-order chi connectivity index (χ1) is 8.47. The van der Waals surface area contributed by atoms with Crippen molar-refractivity contribution in [1.82, 2.24) is 4.90 Å². The number of carbonyl (C=O) groups is 1. The summed E-state index contributed by atoms with van der Waals surface area (Å²) in [4.78, 5) is 14.0. The SMILES string of the molecule is CC(C)N(CCCO)C(=O)c1ccc(Br)c(O)c1. The number of aliphatic hydroxyl groups is 1. The molecule has 18 heavy (non-hydrogen) atoms. The largest absolute Gasteiger partial charge is 0.507 e. The lowest BCUT2D eigenvalue weighted by molar-refractivity contribution is 0.0692. The lowest BCUT2D eigenvalue weighted by atomic mass is 10.1. The molecule has 0 saturated carbocycles. The molecule has 0 spiro atoms. The van der Waals surface area contributed by atoms with Crippen LogP contribution in [0.5, 0.6) is 5.75 Å². The first-order valence-electron chi connectivity index (χ1n) is 5.87. The number of aliphatic hydroxyl groups excluding tert-OH is 1. The van der Waals surface area contributed by atoms with Gasteiger partial charge in [0.25, 0.3) is 5.91 Å². The third kappa shape index (κ3) is 3.71. The van der Waals surface area contributed by atoms with Crippen LogP contribution in [0.25, 0.3) is 0 Å². The van der Waals surface area contributed by atoms with E-state index in [-0.39, 0.29) is 24.3 Å². The van der Waals surface area contributed by atoms with Gasteiger partial charge in [-0.25, -0.2) is 0 Å². The molecule has 0 aliphatic rings. The summed E-state index contributed by atoms with van der Waals surface area (Å²) < 4.78 is 0.561. The second-order valence-corrected chi connectivity index (χ2v) is 5.19. The van der Waals surface area contributed by atoms with E-state index in [0.717, 1.165) is 0 Å². The highest BCUT2D eigenvalue weighted by Gasteiger charge is 2.19. The summed E-state index contributed by atoms with van der Waals surface area (Å²) >= 11 is 3.18. The average molecular weight is 316 g/mol. The molecule has 1 aromatic carbocycles. The van der Waals surface area contributed by atoms with E-state index in [0.29, 0.717) is 23.0 Å². The zero-order valence-electron chi connectivity index (χ0n) is 10.6. The number of nitrogens with zero attached hydrogens (tertiary/aromatic N) is 1. The Balaban J connectivity index is 2.91. The van der Waals surface area contributed by atoms with Gasteiger partial charge < -0.3 is 15.1 Å². The first kappa shape index (κ1) is 15.0. The molecule has 0 atom stereocenters. The van der Waals surface area contributed by atoms with Gasteiger partial charge in [0.05, 0.1) is 4.47 Å². The number of halogens is 1. The van der Waals surface area contributed by atoms with Gasteiger partial charge in [-0.05, 0) is 54.4 Å². The van der Waals surface area contributed by atoms with Gasteiger partial charge in [-0.3, -0.25) is 4.79 Å². The molecule has 0 radical (unpaired) electrons. The molecule has 1 aromatic rings. The van der Waals surface area contributed by atoms with Crippen LogP contribution in [0, 0.1) is 0 Å². The maximum Gasteiger partial charge on any atom is 0.254 e. The van der Waals surface area contributed by atoms with Gasteiger partial charge in [0.1, 0.15) is 5.75 Å². The second-order valence-electron chi connectivity index (χ2n) is 4.34. The molecule has 0 heterocycles. The quantitative estimate of drug-likeness (QED) is 0.877. The highest BCUT2D eigenvalue weighted by Crippen LogP contribution is 2.25. The van der Waals surface area contributed by atoms with E-state index < -0.39 is 0 Å². The number of benzene rings is 1.